The van der Waals surface area contributed by atoms with Crippen LogP contribution in [0.5, 0.6) is 0 Å². The Hall–Kier alpha value is -3.11. The first kappa shape index (κ1) is 40.9. The van der Waals surface area contributed by atoms with Crippen LogP contribution < -0.4 is 16.0 Å². The lowest BCUT2D eigenvalue weighted by molar-refractivity contribution is -0.440. The van der Waals surface area contributed by atoms with E-state index in [-0.39, 0.29) is 32.4 Å². The largest absolute Gasteiger partial charge is 0.460 e. The summed E-state index contributed by atoms with van der Waals surface area (Å²) in [5.41, 5.74) is 0. The molecule has 1 aliphatic heterocycles. The van der Waals surface area contributed by atoms with E-state index in [1.54, 1.807) is 0 Å². The molecule has 3 amide bonds. The average molecular weight is 704 g/mol. The molecule has 0 radical (unpaired) electrons. The lowest BCUT2D eigenvalue weighted by Crippen LogP contribution is -2.70. The van der Waals surface area contributed by atoms with Crippen LogP contribution >= 0.6 is 0 Å². The van der Waals surface area contributed by atoms with Gasteiger partial charge in [-0.05, 0) is 12.8 Å². The molecule has 1 fully saturated rings. The smallest absolute Gasteiger partial charge is 0.454 e. The number of hydrogen-bond acceptors (Lipinski definition) is 7. The number of rotatable bonds is 17. The summed E-state index contributed by atoms with van der Waals surface area (Å²) in [5, 5.41) is 7.10. The van der Waals surface area contributed by atoms with Gasteiger partial charge in [0.05, 0.1) is 6.61 Å². The molecule has 23 heteroatoms. The molecule has 0 aromatic carbocycles. The minimum Gasteiger partial charge on any atom is -0.454 e. The zero-order valence-electron chi connectivity index (χ0n) is 23.8. The van der Waals surface area contributed by atoms with Gasteiger partial charge in [-0.3, -0.25) is 24.0 Å². The van der Waals surface area contributed by atoms with Crippen LogP contribution in [0.3, 0.4) is 0 Å². The Bertz CT molecular complexity index is 1090. The Morgan fingerprint density at radius 1 is 0.826 bits per heavy atom. The van der Waals surface area contributed by atoms with Gasteiger partial charge in [-0.25, -0.2) is 0 Å². The SMILES string of the molecule is CNC(=O)CCNC(=O)COC(=O)[C@@H]1CCCN1OCC(CNC(C)=O)CC(F)(F)C(F)(F)C(F)(F)C(F)(F)C(F)(F)C(F)(F)F. The molecule has 1 saturated heterocycles. The van der Waals surface area contributed by atoms with Crippen LogP contribution in [-0.4, -0.2) is 110 Å². The average Bonchev–Trinajstić information content (AvgIpc) is 3.40. The van der Waals surface area contributed by atoms with E-state index < -0.39 is 97.6 Å². The summed E-state index contributed by atoms with van der Waals surface area (Å²) < 4.78 is 180. The van der Waals surface area contributed by atoms with Crippen molar-refractivity contribution in [1.82, 2.24) is 21.0 Å². The summed E-state index contributed by atoms with van der Waals surface area (Å²) in [6.45, 7) is -2.72. The van der Waals surface area contributed by atoms with Crippen molar-refractivity contribution < 1.29 is 85.8 Å². The second-order valence-electron chi connectivity index (χ2n) is 9.98. The number of ether oxygens (including phenoxy) is 1. The van der Waals surface area contributed by atoms with Gasteiger partial charge in [0.2, 0.25) is 11.8 Å². The van der Waals surface area contributed by atoms with Gasteiger partial charge in [-0.1, -0.05) is 0 Å². The van der Waals surface area contributed by atoms with Crippen molar-refractivity contribution in [2.45, 2.75) is 74.4 Å². The molecule has 3 N–H and O–H groups in total. The van der Waals surface area contributed by atoms with Crippen molar-refractivity contribution in [3.05, 3.63) is 0 Å². The Balaban J connectivity index is 3.05. The molecule has 1 rings (SSSR count). The molecule has 268 valence electrons. The van der Waals surface area contributed by atoms with E-state index in [1.165, 1.54) is 7.05 Å². The molecule has 0 spiro atoms. The fraction of sp³-hybridized carbons (Fsp3) is 0.826. The molecule has 10 nitrogen and oxygen atoms in total. The van der Waals surface area contributed by atoms with Crippen LogP contribution in [0, 0.1) is 5.92 Å². The maximum atomic E-state index is 14.5. The Kier molecular flexibility index (Phi) is 13.5. The highest BCUT2D eigenvalue weighted by molar-refractivity contribution is 5.83. The number of hydrogen-bond donors (Lipinski definition) is 3. The minimum absolute atomic E-state index is 0.0452. The molecule has 1 aliphatic rings. The topological polar surface area (TPSA) is 126 Å². The van der Waals surface area contributed by atoms with Gasteiger partial charge < -0.3 is 20.7 Å². The van der Waals surface area contributed by atoms with Crippen LogP contribution in [0.15, 0.2) is 0 Å². The molecule has 1 unspecified atom stereocenters. The first-order valence-corrected chi connectivity index (χ1v) is 13.0. The fourth-order valence-corrected chi connectivity index (χ4v) is 3.83. The highest BCUT2D eigenvalue weighted by Crippen LogP contribution is 2.61. The van der Waals surface area contributed by atoms with Gasteiger partial charge >= 0.3 is 41.8 Å². The van der Waals surface area contributed by atoms with E-state index >= 15 is 0 Å². The number of carbonyl (C=O) groups excluding carboxylic acids is 4. The van der Waals surface area contributed by atoms with E-state index in [1.807, 2.05) is 5.32 Å². The Morgan fingerprint density at radius 3 is 1.91 bits per heavy atom. The highest BCUT2D eigenvalue weighted by Gasteiger charge is 2.90. The number of halogens is 13. The Morgan fingerprint density at radius 2 is 1.39 bits per heavy atom. The molecular weight excluding hydrogens is 675 g/mol. The number of amides is 3. The quantitative estimate of drug-likeness (QED) is 0.157. The van der Waals surface area contributed by atoms with Crippen LogP contribution in [0.25, 0.3) is 0 Å². The molecule has 0 saturated carbocycles. The van der Waals surface area contributed by atoms with E-state index in [4.69, 9.17) is 9.57 Å². The predicted molar refractivity (Wildman–Crippen MR) is 126 cm³/mol. The third-order valence-electron chi connectivity index (χ3n) is 6.43. The molecule has 1 heterocycles. The van der Waals surface area contributed by atoms with Crippen LogP contribution in [-0.2, 0) is 28.8 Å². The number of esters is 1. The van der Waals surface area contributed by atoms with Crippen molar-refractivity contribution in [2.75, 3.05) is 39.9 Å². The number of hydroxylamine groups is 2. The Labute approximate surface area is 251 Å². The van der Waals surface area contributed by atoms with Crippen molar-refractivity contribution in [1.29, 1.82) is 0 Å². The van der Waals surface area contributed by atoms with Gasteiger partial charge in [-0.15, -0.1) is 0 Å². The fourth-order valence-electron chi connectivity index (χ4n) is 3.83. The number of alkyl halides is 13. The van der Waals surface area contributed by atoms with Gasteiger partial charge in [0, 0.05) is 52.4 Å². The zero-order chi connectivity index (χ0) is 35.9. The van der Waals surface area contributed by atoms with E-state index in [0.717, 1.165) is 12.0 Å². The van der Waals surface area contributed by atoms with Crippen LogP contribution in [0.4, 0.5) is 57.1 Å². The number of nitrogens with zero attached hydrogens (tertiary/aromatic N) is 1. The van der Waals surface area contributed by atoms with E-state index in [2.05, 4.69) is 10.6 Å². The standard InChI is InChI=1S/C23H29F13N4O6/c1-12(41)39-9-13(8-18(24,25)19(26,27)20(28,29)21(30,31)22(32,33)23(34,35)36)10-46-40-7-3-4-14(40)17(44)45-11-16(43)38-6-5-15(42)37-2/h13-14H,3-11H2,1-2H3,(H,37,42)(H,38,43)(H,39,41)/t13?,14-/m0/s1. The first-order valence-electron chi connectivity index (χ1n) is 13.0. The third-order valence-corrected chi connectivity index (χ3v) is 6.43. The molecule has 0 aromatic rings. The monoisotopic (exact) mass is 704 g/mol. The number of carbonyl (C=O) groups is 4. The molecule has 0 aromatic heterocycles. The van der Waals surface area contributed by atoms with Crippen molar-refractivity contribution in [3.8, 4) is 0 Å². The second kappa shape index (κ2) is 15.2. The lowest BCUT2D eigenvalue weighted by atomic mass is 9.89. The second-order valence-corrected chi connectivity index (χ2v) is 9.98. The summed E-state index contributed by atoms with van der Waals surface area (Å²) >= 11 is 0. The van der Waals surface area contributed by atoms with Crippen molar-refractivity contribution in [3.63, 3.8) is 0 Å². The number of nitrogens with one attached hydrogen (secondary N) is 3. The maximum absolute atomic E-state index is 14.5. The van der Waals surface area contributed by atoms with Crippen molar-refractivity contribution in [2.24, 2.45) is 5.92 Å². The lowest BCUT2D eigenvalue weighted by Gasteiger charge is -2.40. The van der Waals surface area contributed by atoms with E-state index in [0.29, 0.717) is 0 Å². The van der Waals surface area contributed by atoms with Gasteiger partial charge in [-0.2, -0.15) is 62.1 Å². The summed E-state index contributed by atoms with van der Waals surface area (Å²) in [4.78, 5) is 51.7. The molecule has 0 aliphatic carbocycles. The van der Waals surface area contributed by atoms with Crippen LogP contribution in [0.2, 0.25) is 0 Å². The van der Waals surface area contributed by atoms with Gasteiger partial charge in [0.15, 0.2) is 6.61 Å². The molecule has 46 heavy (non-hydrogen) atoms. The van der Waals surface area contributed by atoms with Gasteiger partial charge in [0.1, 0.15) is 6.04 Å². The summed E-state index contributed by atoms with van der Waals surface area (Å²) in [6, 6.07) is -1.35. The highest BCUT2D eigenvalue weighted by atomic mass is 19.4. The summed E-state index contributed by atoms with van der Waals surface area (Å²) in [5.74, 6) is -43.4. The summed E-state index contributed by atoms with van der Waals surface area (Å²) in [6.07, 6.45) is -10.2. The summed E-state index contributed by atoms with van der Waals surface area (Å²) in [7, 11) is 1.34. The van der Waals surface area contributed by atoms with Crippen LogP contribution in [0.1, 0.15) is 32.6 Å². The van der Waals surface area contributed by atoms with E-state index in [9.17, 15) is 76.3 Å². The minimum atomic E-state index is -8.06. The maximum Gasteiger partial charge on any atom is 0.460 e. The molecule has 0 bridgehead atoms. The van der Waals surface area contributed by atoms with Crippen molar-refractivity contribution >= 4 is 23.7 Å². The predicted octanol–water partition coefficient (Wildman–Crippen LogP) is 3.06. The zero-order valence-corrected chi connectivity index (χ0v) is 23.8. The van der Waals surface area contributed by atoms with Gasteiger partial charge in [0.25, 0.3) is 5.91 Å². The first-order chi connectivity index (χ1) is 20.8. The third kappa shape index (κ3) is 9.25. The molecular formula is C23H29F13N4O6. The normalized spacial score (nSPS) is 17.8. The molecule has 2 atom stereocenters.